The second kappa shape index (κ2) is 6.86. The molecule has 6 heteroatoms. The van der Waals surface area contributed by atoms with E-state index in [0.717, 1.165) is 6.42 Å². The summed E-state index contributed by atoms with van der Waals surface area (Å²) in [4.78, 5) is 22.9. The Kier molecular flexibility index (Phi) is 6.45. The minimum Gasteiger partial charge on any atom is -0.464 e. The Morgan fingerprint density at radius 3 is 2.21 bits per heavy atom. The monoisotopic (exact) mass is 275 g/mol. The Bertz CT molecular complexity index is 327. The average molecular weight is 275 g/mol. The lowest BCUT2D eigenvalue weighted by atomic mass is 9.96. The third-order valence-corrected chi connectivity index (χ3v) is 2.88. The summed E-state index contributed by atoms with van der Waals surface area (Å²) in [5.74, 6) is -0.602. The molecule has 0 atom stereocenters. The standard InChI is InChI=1S/C13H26N2O4/c1-7-8-14-11(17)13(5,6)15(18)12(3,4)9-19-10(2)16/h18H,7-9H2,1-6H3,(H,14,17)/p+1. The predicted molar refractivity (Wildman–Crippen MR) is 73.5 cm³/mol. The van der Waals surface area contributed by atoms with Crippen molar-refractivity contribution in [3.63, 3.8) is 0 Å². The number of ether oxygens (including phenoxy) is 1. The van der Waals surface area contributed by atoms with E-state index >= 15 is 0 Å². The number of carbonyl (C=O) groups excluding carboxylic acids is 2. The summed E-state index contributed by atoms with van der Waals surface area (Å²) in [6.07, 6.45) is 0.844. The van der Waals surface area contributed by atoms with Crippen LogP contribution in [-0.4, -0.2) is 46.4 Å². The van der Waals surface area contributed by atoms with Gasteiger partial charge in [0.15, 0.2) is 5.54 Å². The summed E-state index contributed by atoms with van der Waals surface area (Å²) in [7, 11) is 0. The number of amides is 1. The van der Waals surface area contributed by atoms with Gasteiger partial charge in [0, 0.05) is 13.5 Å². The van der Waals surface area contributed by atoms with Crippen LogP contribution in [0, 0.1) is 0 Å². The van der Waals surface area contributed by atoms with Crippen LogP contribution in [-0.2, 0) is 14.3 Å². The molecule has 0 aromatic rings. The third kappa shape index (κ3) is 5.16. The Morgan fingerprint density at radius 1 is 1.26 bits per heavy atom. The highest BCUT2D eigenvalue weighted by Gasteiger charge is 2.46. The highest BCUT2D eigenvalue weighted by Crippen LogP contribution is 2.23. The number of hydrogen-bond acceptors (Lipinski definition) is 4. The molecule has 0 fully saturated rings. The zero-order valence-corrected chi connectivity index (χ0v) is 12.8. The quantitative estimate of drug-likeness (QED) is 0.418. The minimum atomic E-state index is -1.00. The summed E-state index contributed by atoms with van der Waals surface area (Å²) >= 11 is 0. The van der Waals surface area contributed by atoms with Crippen molar-refractivity contribution in [3.05, 3.63) is 0 Å². The number of carbonyl (C=O) groups is 2. The SMILES string of the molecule is CCCNC(=O)C(C)(C)N([OH2+])C(C)(C)COC(C)=O. The maximum atomic E-state index is 12.1. The van der Waals surface area contributed by atoms with Crippen LogP contribution in [0.1, 0.15) is 48.0 Å². The number of esters is 1. The van der Waals surface area contributed by atoms with E-state index in [1.54, 1.807) is 27.7 Å². The highest BCUT2D eigenvalue weighted by atomic mass is 16.5. The number of nitrogens with one attached hydrogen (secondary N) is 1. The molecule has 3 N–H and O–H groups in total. The van der Waals surface area contributed by atoms with Crippen molar-refractivity contribution in [3.8, 4) is 0 Å². The van der Waals surface area contributed by atoms with Crippen molar-refractivity contribution in [2.75, 3.05) is 13.2 Å². The molecule has 0 heterocycles. The molecule has 0 radical (unpaired) electrons. The molecule has 0 aliphatic carbocycles. The molecule has 0 saturated carbocycles. The van der Waals surface area contributed by atoms with Gasteiger partial charge in [0.1, 0.15) is 12.1 Å². The number of nitrogens with zero attached hydrogens (tertiary/aromatic N) is 1. The first kappa shape index (κ1) is 17.9. The van der Waals surface area contributed by atoms with Gasteiger partial charge >= 0.3 is 5.97 Å². The summed E-state index contributed by atoms with van der Waals surface area (Å²) in [6.45, 7) is 10.8. The molecule has 0 aromatic carbocycles. The van der Waals surface area contributed by atoms with Crippen molar-refractivity contribution < 1.29 is 19.5 Å². The summed E-state index contributed by atoms with van der Waals surface area (Å²) < 4.78 is 4.95. The number of hydroxylamine groups is 2. The Morgan fingerprint density at radius 2 is 1.79 bits per heavy atom. The average Bonchev–Trinajstić information content (AvgIpc) is 2.32. The zero-order valence-electron chi connectivity index (χ0n) is 12.8. The van der Waals surface area contributed by atoms with Gasteiger partial charge in [-0.1, -0.05) is 12.0 Å². The topological polar surface area (TPSA) is 81.5 Å². The Balaban J connectivity index is 4.78. The van der Waals surface area contributed by atoms with Gasteiger partial charge in [0.25, 0.3) is 0 Å². The fraction of sp³-hybridized carbons (Fsp3) is 0.846. The van der Waals surface area contributed by atoms with E-state index < -0.39 is 17.0 Å². The highest BCUT2D eigenvalue weighted by molar-refractivity contribution is 5.85. The van der Waals surface area contributed by atoms with E-state index in [0.29, 0.717) is 6.54 Å². The number of rotatable bonds is 7. The molecule has 0 aliphatic heterocycles. The zero-order chi connectivity index (χ0) is 15.3. The largest absolute Gasteiger partial charge is 0.464 e. The molecular weight excluding hydrogens is 248 g/mol. The molecule has 0 aliphatic rings. The van der Waals surface area contributed by atoms with E-state index in [4.69, 9.17) is 9.94 Å². The lowest BCUT2D eigenvalue weighted by Crippen LogP contribution is -2.62. The van der Waals surface area contributed by atoms with Crippen LogP contribution >= 0.6 is 0 Å². The van der Waals surface area contributed by atoms with Crippen molar-refractivity contribution in [2.45, 2.75) is 59.0 Å². The normalized spacial score (nSPS) is 12.4. The van der Waals surface area contributed by atoms with Crippen molar-refractivity contribution >= 4 is 11.9 Å². The Hall–Kier alpha value is -1.14. The first-order valence-electron chi connectivity index (χ1n) is 6.49. The summed E-state index contributed by atoms with van der Waals surface area (Å²) in [5, 5.41) is 12.1. The molecule has 0 unspecified atom stereocenters. The van der Waals surface area contributed by atoms with Crippen molar-refractivity contribution in [1.29, 1.82) is 0 Å². The predicted octanol–water partition coefficient (Wildman–Crippen LogP) is 0.575. The minimum absolute atomic E-state index is 0.0658. The van der Waals surface area contributed by atoms with Crippen LogP contribution in [0.4, 0.5) is 0 Å². The van der Waals surface area contributed by atoms with Crippen LogP contribution in [0.5, 0.6) is 0 Å². The van der Waals surface area contributed by atoms with Crippen molar-refractivity contribution in [2.24, 2.45) is 0 Å². The molecule has 0 spiro atoms. The number of hydrogen-bond donors (Lipinski definition) is 1. The van der Waals surface area contributed by atoms with Crippen LogP contribution in [0.2, 0.25) is 0 Å². The molecule has 19 heavy (non-hydrogen) atoms. The lowest BCUT2D eigenvalue weighted by Gasteiger charge is -2.38. The summed E-state index contributed by atoms with van der Waals surface area (Å²) in [5.41, 5.74) is -1.75. The maximum absolute atomic E-state index is 12.1. The molecule has 0 rings (SSSR count). The summed E-state index contributed by atoms with van der Waals surface area (Å²) in [6, 6.07) is 0. The van der Waals surface area contributed by atoms with Gasteiger partial charge in [0.05, 0.1) is 0 Å². The van der Waals surface area contributed by atoms with Gasteiger partial charge in [-0.05, 0) is 34.1 Å². The van der Waals surface area contributed by atoms with Gasteiger partial charge in [0.2, 0.25) is 5.91 Å². The van der Waals surface area contributed by atoms with E-state index in [1.807, 2.05) is 6.92 Å². The fourth-order valence-corrected chi connectivity index (χ4v) is 1.66. The maximum Gasteiger partial charge on any atom is 0.302 e. The molecule has 6 nitrogen and oxygen atoms in total. The third-order valence-electron chi connectivity index (χ3n) is 2.88. The second-order valence-corrected chi connectivity index (χ2v) is 5.74. The van der Waals surface area contributed by atoms with E-state index in [-0.39, 0.29) is 12.5 Å². The van der Waals surface area contributed by atoms with Gasteiger partial charge < -0.3 is 15.3 Å². The van der Waals surface area contributed by atoms with Crippen LogP contribution in [0.25, 0.3) is 0 Å². The lowest BCUT2D eigenvalue weighted by molar-refractivity contribution is -0.231. The van der Waals surface area contributed by atoms with Gasteiger partial charge in [-0.25, -0.2) is 0 Å². The Labute approximate surface area is 115 Å². The molecule has 1 amide bonds. The van der Waals surface area contributed by atoms with Gasteiger partial charge in [-0.3, -0.25) is 9.59 Å². The molecule has 0 bridgehead atoms. The van der Waals surface area contributed by atoms with Crippen LogP contribution in [0.3, 0.4) is 0 Å². The molecule has 0 saturated heterocycles. The van der Waals surface area contributed by atoms with E-state index in [9.17, 15) is 9.59 Å². The fourth-order valence-electron chi connectivity index (χ4n) is 1.66. The molecule has 0 aromatic heterocycles. The first-order valence-corrected chi connectivity index (χ1v) is 6.49. The van der Waals surface area contributed by atoms with Gasteiger partial charge in [-0.15, -0.1) is 0 Å². The molecule has 112 valence electrons. The van der Waals surface area contributed by atoms with Gasteiger partial charge in [-0.2, -0.15) is 0 Å². The first-order chi connectivity index (χ1) is 8.55. The van der Waals surface area contributed by atoms with E-state index in [1.165, 1.54) is 12.0 Å². The second-order valence-electron chi connectivity index (χ2n) is 5.74. The smallest absolute Gasteiger partial charge is 0.302 e. The van der Waals surface area contributed by atoms with E-state index in [2.05, 4.69) is 5.32 Å². The van der Waals surface area contributed by atoms with Crippen molar-refractivity contribution in [1.82, 2.24) is 10.4 Å². The van der Waals surface area contributed by atoms with Crippen LogP contribution in [0.15, 0.2) is 0 Å². The van der Waals surface area contributed by atoms with Crippen LogP contribution < -0.4 is 5.32 Å². The molecular formula is C13H27N2O4+.